The Kier molecular flexibility index (Phi) is 4.69. The van der Waals surface area contributed by atoms with Gasteiger partial charge in [0, 0.05) is 43.8 Å². The van der Waals surface area contributed by atoms with Crippen LogP contribution in [0.1, 0.15) is 35.3 Å². The Balaban J connectivity index is 2.06. The van der Waals surface area contributed by atoms with Gasteiger partial charge in [0.1, 0.15) is 0 Å². The van der Waals surface area contributed by atoms with Crippen molar-refractivity contribution in [3.05, 3.63) is 34.9 Å². The normalized spacial score (nSPS) is 17.1. The van der Waals surface area contributed by atoms with Crippen LogP contribution < -0.4 is 5.73 Å². The fourth-order valence-corrected chi connectivity index (χ4v) is 2.80. The Morgan fingerprint density at radius 1 is 1.19 bits per heavy atom. The largest absolute Gasteiger partial charge is 0.336 e. The molecule has 1 aliphatic heterocycles. The van der Waals surface area contributed by atoms with E-state index >= 15 is 0 Å². The van der Waals surface area contributed by atoms with Crippen LogP contribution in [-0.4, -0.2) is 54.0 Å². The molecule has 0 radical (unpaired) electrons. The van der Waals surface area contributed by atoms with Crippen molar-refractivity contribution in [3.63, 3.8) is 0 Å². The molecule has 2 N–H and O–H groups in total. The molecule has 1 fully saturated rings. The van der Waals surface area contributed by atoms with Crippen LogP contribution in [0.25, 0.3) is 0 Å². The molecule has 1 aromatic carbocycles. The highest BCUT2D eigenvalue weighted by Gasteiger charge is 2.30. The van der Waals surface area contributed by atoms with E-state index in [1.807, 2.05) is 36.9 Å². The second-order valence-electron chi connectivity index (χ2n) is 6.54. The van der Waals surface area contributed by atoms with E-state index in [0.29, 0.717) is 6.54 Å². The van der Waals surface area contributed by atoms with Crippen LogP contribution in [0.15, 0.2) is 18.2 Å². The Bertz CT molecular complexity index is 517. The molecule has 1 aliphatic rings. The maximum Gasteiger partial charge on any atom is 0.254 e. The van der Waals surface area contributed by atoms with Crippen LogP contribution in [0.4, 0.5) is 0 Å². The second-order valence-corrected chi connectivity index (χ2v) is 6.54. The first-order chi connectivity index (χ1) is 9.86. The molecule has 0 saturated carbocycles. The van der Waals surface area contributed by atoms with Crippen LogP contribution in [0.2, 0.25) is 0 Å². The first-order valence-corrected chi connectivity index (χ1v) is 7.67. The number of carbonyl (C=O) groups is 1. The van der Waals surface area contributed by atoms with E-state index < -0.39 is 0 Å². The number of aryl methyl sites for hydroxylation is 1. The van der Waals surface area contributed by atoms with Crippen molar-refractivity contribution in [2.75, 3.05) is 32.7 Å². The highest BCUT2D eigenvalue weighted by atomic mass is 16.2. The van der Waals surface area contributed by atoms with Gasteiger partial charge in [-0.3, -0.25) is 9.69 Å². The van der Waals surface area contributed by atoms with Gasteiger partial charge in [-0.05, 0) is 44.9 Å². The lowest BCUT2D eigenvalue weighted by atomic mass is 10.0. The third kappa shape index (κ3) is 3.27. The van der Waals surface area contributed by atoms with Crippen molar-refractivity contribution in [1.29, 1.82) is 0 Å². The van der Waals surface area contributed by atoms with Crippen molar-refractivity contribution in [2.45, 2.75) is 33.2 Å². The number of piperazine rings is 1. The smallest absolute Gasteiger partial charge is 0.254 e. The first kappa shape index (κ1) is 16.0. The Labute approximate surface area is 127 Å². The zero-order chi connectivity index (χ0) is 15.6. The summed E-state index contributed by atoms with van der Waals surface area (Å²) >= 11 is 0. The van der Waals surface area contributed by atoms with Gasteiger partial charge >= 0.3 is 0 Å². The summed E-state index contributed by atoms with van der Waals surface area (Å²) in [5, 5.41) is 0. The van der Waals surface area contributed by atoms with Crippen molar-refractivity contribution in [2.24, 2.45) is 5.73 Å². The molecule has 0 unspecified atom stereocenters. The maximum absolute atomic E-state index is 12.7. The molecule has 0 aromatic heterocycles. The topological polar surface area (TPSA) is 49.6 Å². The summed E-state index contributed by atoms with van der Waals surface area (Å²) in [6.07, 6.45) is 0. The van der Waals surface area contributed by atoms with Crippen LogP contribution in [0.5, 0.6) is 0 Å². The van der Waals surface area contributed by atoms with Gasteiger partial charge in [-0.1, -0.05) is 12.1 Å². The van der Waals surface area contributed by atoms with Gasteiger partial charge in [0.25, 0.3) is 5.91 Å². The molecule has 0 spiro atoms. The van der Waals surface area contributed by atoms with Gasteiger partial charge in [0.2, 0.25) is 0 Å². The number of hydrogen-bond acceptors (Lipinski definition) is 3. The highest BCUT2D eigenvalue weighted by Crippen LogP contribution is 2.19. The zero-order valence-electron chi connectivity index (χ0n) is 13.6. The number of rotatable bonds is 3. The summed E-state index contributed by atoms with van der Waals surface area (Å²) in [4.78, 5) is 17.0. The highest BCUT2D eigenvalue weighted by molar-refractivity contribution is 5.96. The van der Waals surface area contributed by atoms with Gasteiger partial charge in [0.15, 0.2) is 0 Å². The number of nitrogens with two attached hydrogens (primary N) is 1. The van der Waals surface area contributed by atoms with Crippen LogP contribution in [0, 0.1) is 13.8 Å². The number of carbonyl (C=O) groups excluding carboxylic acids is 1. The summed E-state index contributed by atoms with van der Waals surface area (Å²) in [6, 6.07) is 5.94. The molecule has 1 aromatic rings. The first-order valence-electron chi connectivity index (χ1n) is 7.67. The lowest BCUT2D eigenvalue weighted by molar-refractivity contribution is 0.0425. The molecule has 1 saturated heterocycles. The fraction of sp³-hybridized carbons (Fsp3) is 0.588. The molecule has 1 heterocycles. The summed E-state index contributed by atoms with van der Waals surface area (Å²) in [5.41, 5.74) is 8.94. The summed E-state index contributed by atoms with van der Waals surface area (Å²) in [6.45, 7) is 12.4. The predicted octanol–water partition coefficient (Wildman–Crippen LogP) is 1.80. The Morgan fingerprint density at radius 3 is 2.38 bits per heavy atom. The van der Waals surface area contributed by atoms with Crippen molar-refractivity contribution < 1.29 is 4.79 Å². The van der Waals surface area contributed by atoms with Crippen LogP contribution in [0.3, 0.4) is 0 Å². The standard InChI is InChI=1S/C17H27N3O/c1-13-6-5-7-15(14(13)2)16(21)19-8-10-20(11-9-19)17(3,4)12-18/h5-7H,8-12,18H2,1-4H3. The molecule has 21 heavy (non-hydrogen) atoms. The third-order valence-electron chi connectivity index (χ3n) is 4.76. The Hall–Kier alpha value is -1.39. The monoisotopic (exact) mass is 289 g/mol. The van der Waals surface area contributed by atoms with E-state index in [1.165, 1.54) is 5.56 Å². The molecule has 4 nitrogen and oxygen atoms in total. The van der Waals surface area contributed by atoms with Gasteiger partial charge in [-0.2, -0.15) is 0 Å². The molecular formula is C17H27N3O. The second kappa shape index (κ2) is 6.16. The molecule has 116 valence electrons. The minimum Gasteiger partial charge on any atom is -0.336 e. The third-order valence-corrected chi connectivity index (χ3v) is 4.76. The molecular weight excluding hydrogens is 262 g/mol. The Morgan fingerprint density at radius 2 is 1.81 bits per heavy atom. The van der Waals surface area contributed by atoms with Crippen molar-refractivity contribution >= 4 is 5.91 Å². The quantitative estimate of drug-likeness (QED) is 0.923. The zero-order valence-corrected chi connectivity index (χ0v) is 13.6. The average molecular weight is 289 g/mol. The van der Waals surface area contributed by atoms with E-state index in [1.54, 1.807) is 0 Å². The minimum atomic E-state index is 0.00832. The lowest BCUT2D eigenvalue weighted by Gasteiger charge is -2.43. The van der Waals surface area contributed by atoms with E-state index in [4.69, 9.17) is 5.73 Å². The van der Waals surface area contributed by atoms with Crippen molar-refractivity contribution in [3.8, 4) is 0 Å². The molecule has 0 bridgehead atoms. The van der Waals surface area contributed by atoms with Gasteiger partial charge in [-0.15, -0.1) is 0 Å². The lowest BCUT2D eigenvalue weighted by Crippen LogP contribution is -2.58. The molecule has 4 heteroatoms. The SMILES string of the molecule is Cc1cccc(C(=O)N2CCN(C(C)(C)CN)CC2)c1C. The van der Waals surface area contributed by atoms with Crippen LogP contribution >= 0.6 is 0 Å². The summed E-state index contributed by atoms with van der Waals surface area (Å²) in [7, 11) is 0. The molecule has 0 atom stereocenters. The summed E-state index contributed by atoms with van der Waals surface area (Å²) < 4.78 is 0. The van der Waals surface area contributed by atoms with E-state index in [-0.39, 0.29) is 11.4 Å². The molecule has 2 rings (SSSR count). The summed E-state index contributed by atoms with van der Waals surface area (Å²) in [5.74, 6) is 0.154. The van der Waals surface area contributed by atoms with Gasteiger partial charge in [0.05, 0.1) is 0 Å². The number of benzene rings is 1. The van der Waals surface area contributed by atoms with E-state index in [0.717, 1.165) is 37.3 Å². The minimum absolute atomic E-state index is 0.00832. The molecule has 1 amide bonds. The van der Waals surface area contributed by atoms with E-state index in [2.05, 4.69) is 18.7 Å². The van der Waals surface area contributed by atoms with Crippen LogP contribution in [-0.2, 0) is 0 Å². The number of nitrogens with zero attached hydrogens (tertiary/aromatic N) is 2. The van der Waals surface area contributed by atoms with Crippen molar-refractivity contribution in [1.82, 2.24) is 9.80 Å². The number of hydrogen-bond donors (Lipinski definition) is 1. The van der Waals surface area contributed by atoms with E-state index in [9.17, 15) is 4.79 Å². The number of amides is 1. The fourth-order valence-electron chi connectivity index (χ4n) is 2.80. The molecule has 0 aliphatic carbocycles. The van der Waals surface area contributed by atoms with Gasteiger partial charge in [-0.25, -0.2) is 0 Å². The average Bonchev–Trinajstić information content (AvgIpc) is 2.49. The predicted molar refractivity (Wildman–Crippen MR) is 86.5 cm³/mol. The van der Waals surface area contributed by atoms with Gasteiger partial charge < -0.3 is 10.6 Å². The maximum atomic E-state index is 12.7.